The molecule has 0 unspecified atom stereocenters. The zero-order valence-electron chi connectivity index (χ0n) is 18.4. The van der Waals surface area contributed by atoms with E-state index in [0.29, 0.717) is 19.6 Å². The Morgan fingerprint density at radius 3 is 2.48 bits per heavy atom. The highest BCUT2D eigenvalue weighted by atomic mass is 32.2. The van der Waals surface area contributed by atoms with E-state index in [2.05, 4.69) is 29.3 Å². The lowest BCUT2D eigenvalue weighted by Gasteiger charge is -2.46. The monoisotopic (exact) mass is 448 g/mol. The van der Waals surface area contributed by atoms with E-state index in [1.165, 1.54) is 24.0 Å². The molecule has 170 valence electrons. The lowest BCUT2D eigenvalue weighted by molar-refractivity contribution is -0.124. The van der Waals surface area contributed by atoms with Crippen molar-refractivity contribution in [2.24, 2.45) is 0 Å². The number of carbonyl (C=O) groups is 1. The average Bonchev–Trinajstić information content (AvgIpc) is 3.29. The number of fused-ring (bicyclic) bond motifs is 3. The molecule has 1 saturated heterocycles. The highest BCUT2D eigenvalue weighted by Gasteiger charge is 2.46. The number of sulfone groups is 1. The Morgan fingerprint density at radius 1 is 1.16 bits per heavy atom. The lowest BCUT2D eigenvalue weighted by atomic mass is 9.71. The Morgan fingerprint density at radius 2 is 1.84 bits per heavy atom. The van der Waals surface area contributed by atoms with E-state index in [1.54, 1.807) is 0 Å². The van der Waals surface area contributed by atoms with Crippen LogP contribution in [0.2, 0.25) is 0 Å². The van der Waals surface area contributed by atoms with E-state index < -0.39 is 15.4 Å². The van der Waals surface area contributed by atoms with Gasteiger partial charge < -0.3 is 14.8 Å². The first-order chi connectivity index (χ1) is 14.7. The summed E-state index contributed by atoms with van der Waals surface area (Å²) >= 11 is 0. The fourth-order valence-electron chi connectivity index (χ4n) is 6.06. The molecular weight excluding hydrogens is 416 g/mol. The van der Waals surface area contributed by atoms with Crippen LogP contribution in [0.3, 0.4) is 0 Å². The minimum Gasteiger partial charge on any atom is -0.486 e. The molecule has 3 aliphatic heterocycles. The molecule has 5 rings (SSSR count). The number of nitrogens with zero attached hydrogens (tertiary/aromatic N) is 1. The topological polar surface area (TPSA) is 84.9 Å². The zero-order chi connectivity index (χ0) is 21.9. The molecule has 0 radical (unpaired) electrons. The summed E-state index contributed by atoms with van der Waals surface area (Å²) in [5.74, 6) is 1.70. The number of hydrogen-bond acceptors (Lipinski definition) is 6. The summed E-state index contributed by atoms with van der Waals surface area (Å²) in [5.41, 5.74) is 1.95. The number of rotatable bonds is 3. The van der Waals surface area contributed by atoms with Crippen LogP contribution in [0.15, 0.2) is 12.1 Å². The molecule has 1 aromatic carbocycles. The minimum atomic E-state index is -3.06. The van der Waals surface area contributed by atoms with Crippen LogP contribution in [0.1, 0.15) is 63.1 Å². The van der Waals surface area contributed by atoms with Crippen molar-refractivity contribution in [2.75, 3.05) is 37.8 Å². The Hall–Kier alpha value is -1.80. The standard InChI is InChI=1S/C23H32N2O5S/c1-16-17-11-19-20(30-9-8-29-19)12-18(17)23(5-3-4-6-23)14-25(16)13-21(26)24-22(2)7-10-31(27,28)15-22/h11-12,16H,3-10,13-15H2,1-2H3,(H,24,26)/t16-,22+/m0/s1. The van der Waals surface area contributed by atoms with Crippen molar-refractivity contribution in [2.45, 2.75) is 62.9 Å². The van der Waals surface area contributed by atoms with Crippen LogP contribution in [0.5, 0.6) is 11.5 Å². The molecule has 8 heteroatoms. The van der Waals surface area contributed by atoms with E-state index in [9.17, 15) is 13.2 Å². The SMILES string of the molecule is C[C@H]1c2cc3c(cc2C2(CCCC2)CN1CC(=O)N[C@]1(C)CCS(=O)(=O)C1)OCCO3. The number of ether oxygens (including phenoxy) is 2. The number of benzene rings is 1. The number of carbonyl (C=O) groups excluding carboxylic acids is 1. The van der Waals surface area contributed by atoms with E-state index in [1.807, 2.05) is 6.92 Å². The Kier molecular flexibility index (Phi) is 5.01. The van der Waals surface area contributed by atoms with Crippen molar-refractivity contribution < 1.29 is 22.7 Å². The van der Waals surface area contributed by atoms with Gasteiger partial charge in [-0.15, -0.1) is 0 Å². The fourth-order valence-corrected chi connectivity index (χ4v) is 8.15. The van der Waals surface area contributed by atoms with Crippen molar-refractivity contribution in [3.63, 3.8) is 0 Å². The van der Waals surface area contributed by atoms with Gasteiger partial charge >= 0.3 is 0 Å². The molecule has 3 heterocycles. The molecule has 0 aromatic heterocycles. The van der Waals surface area contributed by atoms with Crippen LogP contribution in [-0.4, -0.2) is 62.6 Å². The maximum atomic E-state index is 13.0. The Balaban J connectivity index is 1.40. The molecule has 0 bridgehead atoms. The largest absolute Gasteiger partial charge is 0.486 e. The van der Waals surface area contributed by atoms with Crippen molar-refractivity contribution in [3.05, 3.63) is 23.3 Å². The van der Waals surface area contributed by atoms with Crippen molar-refractivity contribution in [1.29, 1.82) is 0 Å². The van der Waals surface area contributed by atoms with Crippen LogP contribution >= 0.6 is 0 Å². The van der Waals surface area contributed by atoms with Gasteiger partial charge in [0.15, 0.2) is 21.3 Å². The summed E-state index contributed by atoms with van der Waals surface area (Å²) in [7, 11) is -3.06. The summed E-state index contributed by atoms with van der Waals surface area (Å²) in [6.07, 6.45) is 5.09. The number of amides is 1. The van der Waals surface area contributed by atoms with Crippen molar-refractivity contribution in [1.82, 2.24) is 10.2 Å². The van der Waals surface area contributed by atoms with Gasteiger partial charge in [-0.25, -0.2) is 8.42 Å². The highest BCUT2D eigenvalue weighted by molar-refractivity contribution is 7.91. The predicted molar refractivity (Wildman–Crippen MR) is 117 cm³/mol. The Bertz CT molecular complexity index is 1000. The van der Waals surface area contributed by atoms with E-state index in [-0.39, 0.29) is 35.4 Å². The molecule has 2 atom stereocenters. The second-order valence-electron chi connectivity index (χ2n) is 10.1. The van der Waals surface area contributed by atoms with Crippen LogP contribution < -0.4 is 14.8 Å². The molecule has 1 amide bonds. The molecule has 1 aromatic rings. The summed E-state index contributed by atoms with van der Waals surface area (Å²) in [4.78, 5) is 15.2. The quantitative estimate of drug-likeness (QED) is 0.764. The van der Waals surface area contributed by atoms with Gasteiger partial charge in [0.2, 0.25) is 5.91 Å². The van der Waals surface area contributed by atoms with Gasteiger partial charge in [-0.05, 0) is 56.4 Å². The van der Waals surface area contributed by atoms with E-state index >= 15 is 0 Å². The molecule has 31 heavy (non-hydrogen) atoms. The summed E-state index contributed by atoms with van der Waals surface area (Å²) in [6.45, 7) is 6.22. The molecule has 1 N–H and O–H groups in total. The normalized spacial score (nSPS) is 30.8. The molecule has 1 aliphatic carbocycles. The highest BCUT2D eigenvalue weighted by Crippen LogP contribution is 2.51. The minimum absolute atomic E-state index is 0.0253. The molecule has 4 aliphatic rings. The van der Waals surface area contributed by atoms with Gasteiger partial charge in [0.25, 0.3) is 0 Å². The van der Waals surface area contributed by atoms with Gasteiger partial charge in [-0.2, -0.15) is 0 Å². The number of nitrogens with one attached hydrogen (secondary N) is 1. The third-order valence-corrected chi connectivity index (χ3v) is 9.54. The van der Waals surface area contributed by atoms with Crippen LogP contribution in [0.25, 0.3) is 0 Å². The van der Waals surface area contributed by atoms with Crippen LogP contribution in [0, 0.1) is 0 Å². The Labute approximate surface area is 184 Å². The number of hydrogen-bond donors (Lipinski definition) is 1. The molecule has 1 spiro atoms. The summed E-state index contributed by atoms with van der Waals surface area (Å²) in [6, 6.07) is 4.37. The summed E-state index contributed by atoms with van der Waals surface area (Å²) < 4.78 is 35.5. The van der Waals surface area contributed by atoms with Gasteiger partial charge in [-0.1, -0.05) is 12.8 Å². The zero-order valence-corrected chi connectivity index (χ0v) is 19.2. The second-order valence-corrected chi connectivity index (χ2v) is 12.3. The first-order valence-electron chi connectivity index (χ1n) is 11.4. The van der Waals surface area contributed by atoms with E-state index in [4.69, 9.17) is 9.47 Å². The third-order valence-electron chi connectivity index (χ3n) is 7.64. The van der Waals surface area contributed by atoms with Crippen molar-refractivity contribution >= 4 is 15.7 Å². The molecule has 1 saturated carbocycles. The smallest absolute Gasteiger partial charge is 0.234 e. The average molecular weight is 449 g/mol. The van der Waals surface area contributed by atoms with Gasteiger partial charge in [0, 0.05) is 18.0 Å². The van der Waals surface area contributed by atoms with Gasteiger partial charge in [-0.3, -0.25) is 9.69 Å². The van der Waals surface area contributed by atoms with Crippen LogP contribution in [0.4, 0.5) is 0 Å². The first kappa shape index (κ1) is 21.1. The lowest BCUT2D eigenvalue weighted by Crippen LogP contribution is -2.53. The first-order valence-corrected chi connectivity index (χ1v) is 13.2. The maximum absolute atomic E-state index is 13.0. The third kappa shape index (κ3) is 3.82. The van der Waals surface area contributed by atoms with E-state index in [0.717, 1.165) is 30.9 Å². The van der Waals surface area contributed by atoms with Gasteiger partial charge in [0.05, 0.1) is 23.6 Å². The second kappa shape index (κ2) is 7.37. The maximum Gasteiger partial charge on any atom is 0.234 e. The summed E-state index contributed by atoms with van der Waals surface area (Å²) in [5, 5.41) is 3.03. The van der Waals surface area contributed by atoms with Gasteiger partial charge in [0.1, 0.15) is 13.2 Å². The molecule has 2 fully saturated rings. The molecular formula is C23H32N2O5S. The molecule has 7 nitrogen and oxygen atoms in total. The fraction of sp³-hybridized carbons (Fsp3) is 0.696. The van der Waals surface area contributed by atoms with Crippen molar-refractivity contribution in [3.8, 4) is 11.5 Å². The predicted octanol–water partition coefficient (Wildman–Crippen LogP) is 2.34. The van der Waals surface area contributed by atoms with Crippen LogP contribution in [-0.2, 0) is 20.0 Å².